The Kier molecular flexibility index (Phi) is 4.72. The second kappa shape index (κ2) is 6.32. The Labute approximate surface area is 120 Å². The van der Waals surface area contributed by atoms with E-state index in [1.165, 1.54) is 0 Å². The molecule has 1 aliphatic heterocycles. The molecule has 0 bridgehead atoms. The normalized spacial score (nSPS) is 23.8. The molecule has 0 amide bonds. The fraction of sp³-hybridized carbons (Fsp3) is 0.769. The molecule has 112 valence electrons. The molecule has 1 aromatic rings. The maximum atomic E-state index is 6.14. The molecular weight excluding hydrogens is 254 g/mol. The second-order valence-electron chi connectivity index (χ2n) is 5.66. The second-order valence-corrected chi connectivity index (χ2v) is 5.66. The lowest BCUT2D eigenvalue weighted by molar-refractivity contribution is 0.142. The summed E-state index contributed by atoms with van der Waals surface area (Å²) in [6.45, 7) is 4.89. The van der Waals surface area contributed by atoms with Crippen molar-refractivity contribution in [3.8, 4) is 0 Å². The van der Waals surface area contributed by atoms with Crippen LogP contribution in [0.2, 0.25) is 0 Å². The van der Waals surface area contributed by atoms with Gasteiger partial charge in [-0.15, -0.1) is 0 Å². The number of piperidine rings is 1. The summed E-state index contributed by atoms with van der Waals surface area (Å²) < 4.78 is 0. The van der Waals surface area contributed by atoms with Gasteiger partial charge in [-0.25, -0.2) is 0 Å². The third-order valence-electron chi connectivity index (χ3n) is 3.85. The van der Waals surface area contributed by atoms with Gasteiger partial charge >= 0.3 is 0 Å². The fourth-order valence-electron chi connectivity index (χ4n) is 2.60. The van der Waals surface area contributed by atoms with E-state index in [-0.39, 0.29) is 5.95 Å². The average Bonchev–Trinajstić information content (AvgIpc) is 2.40. The summed E-state index contributed by atoms with van der Waals surface area (Å²) in [5.41, 5.74) is 11.9. The van der Waals surface area contributed by atoms with Crippen molar-refractivity contribution in [1.29, 1.82) is 0 Å². The molecule has 7 nitrogen and oxygen atoms in total. The lowest BCUT2D eigenvalue weighted by Gasteiger charge is -2.36. The van der Waals surface area contributed by atoms with E-state index in [0.717, 1.165) is 31.8 Å². The first-order valence-corrected chi connectivity index (χ1v) is 7.15. The molecule has 20 heavy (non-hydrogen) atoms. The van der Waals surface area contributed by atoms with Crippen LogP contribution in [0.1, 0.15) is 25.6 Å². The Morgan fingerprint density at radius 1 is 1.30 bits per heavy atom. The predicted octanol–water partition coefficient (Wildman–Crippen LogP) is 0.0790. The van der Waals surface area contributed by atoms with E-state index in [0.29, 0.717) is 24.5 Å². The smallest absolute Gasteiger partial charge is 0.229 e. The van der Waals surface area contributed by atoms with Crippen LogP contribution in [0.5, 0.6) is 0 Å². The first-order valence-electron chi connectivity index (χ1n) is 7.15. The lowest BCUT2D eigenvalue weighted by atomic mass is 9.91. The van der Waals surface area contributed by atoms with E-state index in [4.69, 9.17) is 11.5 Å². The summed E-state index contributed by atoms with van der Waals surface area (Å²) in [6, 6.07) is 0.317. The van der Waals surface area contributed by atoms with Crippen LogP contribution in [0.15, 0.2) is 0 Å². The number of nitrogen functional groups attached to an aromatic ring is 1. The van der Waals surface area contributed by atoms with Gasteiger partial charge in [-0.1, -0.05) is 13.3 Å². The van der Waals surface area contributed by atoms with Crippen LogP contribution in [0.25, 0.3) is 0 Å². The average molecular weight is 279 g/mol. The molecular formula is C13H25N7. The van der Waals surface area contributed by atoms with Gasteiger partial charge in [-0.05, 0) is 12.3 Å². The van der Waals surface area contributed by atoms with E-state index < -0.39 is 0 Å². The van der Waals surface area contributed by atoms with Gasteiger partial charge in [-0.3, -0.25) is 4.90 Å². The van der Waals surface area contributed by atoms with Gasteiger partial charge < -0.3 is 16.4 Å². The van der Waals surface area contributed by atoms with Crippen molar-refractivity contribution < 1.29 is 0 Å². The van der Waals surface area contributed by atoms with Crippen molar-refractivity contribution in [2.75, 3.05) is 37.8 Å². The quantitative estimate of drug-likeness (QED) is 0.805. The van der Waals surface area contributed by atoms with Crippen molar-refractivity contribution in [1.82, 2.24) is 19.9 Å². The number of hydrogen-bond donors (Lipinski definition) is 2. The predicted molar refractivity (Wildman–Crippen MR) is 80.2 cm³/mol. The molecule has 0 aromatic carbocycles. The van der Waals surface area contributed by atoms with E-state index >= 15 is 0 Å². The van der Waals surface area contributed by atoms with Crippen LogP contribution in [0.4, 0.5) is 11.9 Å². The Bertz CT molecular complexity index is 448. The summed E-state index contributed by atoms with van der Waals surface area (Å²) in [6.07, 6.45) is 2.14. The number of nitrogens with two attached hydrogens (primary N) is 2. The Morgan fingerprint density at radius 2 is 2.05 bits per heavy atom. The highest BCUT2D eigenvalue weighted by Crippen LogP contribution is 2.20. The largest absolute Gasteiger partial charge is 0.368 e. The molecule has 1 aromatic heterocycles. The molecule has 2 unspecified atom stereocenters. The third-order valence-corrected chi connectivity index (χ3v) is 3.85. The maximum absolute atomic E-state index is 6.14. The highest BCUT2D eigenvalue weighted by molar-refractivity contribution is 5.32. The molecule has 4 N–H and O–H groups in total. The van der Waals surface area contributed by atoms with Crippen molar-refractivity contribution in [3.63, 3.8) is 0 Å². The van der Waals surface area contributed by atoms with Crippen LogP contribution in [0.3, 0.4) is 0 Å². The standard InChI is InChI=1S/C13H25N7/c1-4-9-7-20(6-5-10(9)14)8-11-16-12(15)18-13(17-11)19(2)3/h9-10H,4-8,14H2,1-3H3,(H2,15,16,17,18). The minimum absolute atomic E-state index is 0.277. The number of hydrogen-bond acceptors (Lipinski definition) is 7. The topological polar surface area (TPSA) is 97.2 Å². The Hall–Kier alpha value is -1.47. The molecule has 1 fully saturated rings. The van der Waals surface area contributed by atoms with E-state index in [9.17, 15) is 0 Å². The molecule has 7 heteroatoms. The van der Waals surface area contributed by atoms with Crippen LogP contribution >= 0.6 is 0 Å². The summed E-state index contributed by atoms with van der Waals surface area (Å²) in [4.78, 5) is 17.0. The molecule has 0 radical (unpaired) electrons. The Balaban J connectivity index is 2.06. The van der Waals surface area contributed by atoms with Gasteiger partial charge in [0.25, 0.3) is 0 Å². The van der Waals surface area contributed by atoms with Crippen LogP contribution in [-0.4, -0.2) is 53.1 Å². The van der Waals surface area contributed by atoms with Crippen LogP contribution in [-0.2, 0) is 6.54 Å². The summed E-state index contributed by atoms with van der Waals surface area (Å²) in [7, 11) is 3.79. The lowest BCUT2D eigenvalue weighted by Crippen LogP contribution is -2.46. The van der Waals surface area contributed by atoms with E-state index in [2.05, 4.69) is 26.8 Å². The van der Waals surface area contributed by atoms with Crippen LogP contribution in [0, 0.1) is 5.92 Å². The van der Waals surface area contributed by atoms with Crippen molar-refractivity contribution >= 4 is 11.9 Å². The highest BCUT2D eigenvalue weighted by Gasteiger charge is 2.25. The minimum Gasteiger partial charge on any atom is -0.368 e. The fourth-order valence-corrected chi connectivity index (χ4v) is 2.60. The third kappa shape index (κ3) is 3.55. The number of nitrogens with zero attached hydrogens (tertiary/aromatic N) is 5. The van der Waals surface area contributed by atoms with Gasteiger partial charge in [0.15, 0.2) is 0 Å². The summed E-state index contributed by atoms with van der Waals surface area (Å²) >= 11 is 0. The van der Waals surface area contributed by atoms with Crippen LogP contribution < -0.4 is 16.4 Å². The monoisotopic (exact) mass is 279 g/mol. The molecule has 1 aliphatic rings. The van der Waals surface area contributed by atoms with E-state index in [1.807, 2.05) is 19.0 Å². The summed E-state index contributed by atoms with van der Waals surface area (Å²) in [5, 5.41) is 0. The zero-order chi connectivity index (χ0) is 14.7. The molecule has 0 aliphatic carbocycles. The SMILES string of the molecule is CCC1CN(Cc2nc(N)nc(N(C)C)n2)CCC1N. The zero-order valence-electron chi connectivity index (χ0n) is 12.6. The first kappa shape index (κ1) is 14.9. The number of anilines is 2. The summed E-state index contributed by atoms with van der Waals surface area (Å²) in [5.74, 6) is 2.16. The molecule has 0 spiro atoms. The first-order chi connectivity index (χ1) is 9.49. The zero-order valence-corrected chi connectivity index (χ0v) is 12.6. The van der Waals surface area contributed by atoms with Gasteiger partial charge in [0, 0.05) is 33.2 Å². The van der Waals surface area contributed by atoms with Gasteiger partial charge in [0.2, 0.25) is 11.9 Å². The number of aromatic nitrogens is 3. The van der Waals surface area contributed by atoms with Gasteiger partial charge in [-0.2, -0.15) is 15.0 Å². The maximum Gasteiger partial charge on any atom is 0.229 e. The van der Waals surface area contributed by atoms with Crippen molar-refractivity contribution in [3.05, 3.63) is 5.82 Å². The number of rotatable bonds is 4. The highest BCUT2D eigenvalue weighted by atomic mass is 15.3. The molecule has 0 saturated carbocycles. The molecule has 2 heterocycles. The molecule has 2 atom stereocenters. The van der Waals surface area contributed by atoms with Gasteiger partial charge in [0.05, 0.1) is 6.54 Å². The molecule has 2 rings (SSSR count). The van der Waals surface area contributed by atoms with Gasteiger partial charge in [0.1, 0.15) is 5.82 Å². The number of likely N-dealkylation sites (tertiary alicyclic amines) is 1. The Morgan fingerprint density at radius 3 is 2.70 bits per heavy atom. The van der Waals surface area contributed by atoms with E-state index in [1.54, 1.807) is 0 Å². The van der Waals surface area contributed by atoms with Crippen molar-refractivity contribution in [2.24, 2.45) is 11.7 Å². The molecule has 1 saturated heterocycles. The van der Waals surface area contributed by atoms with Crippen molar-refractivity contribution in [2.45, 2.75) is 32.4 Å². The minimum atomic E-state index is 0.277.